The molecule has 0 spiro atoms. The predicted molar refractivity (Wildman–Crippen MR) is 85.0 cm³/mol. The van der Waals surface area contributed by atoms with Crippen molar-refractivity contribution < 1.29 is 8.42 Å². The number of H-pyrrole nitrogens is 1. The molecule has 1 aliphatic heterocycles. The van der Waals surface area contributed by atoms with Crippen LogP contribution in [0.2, 0.25) is 0 Å². The Kier molecular flexibility index (Phi) is 4.31. The molecule has 1 N–H and O–H groups in total. The largest absolute Gasteiger partial charge is 0.283 e. The molecule has 6 heteroatoms. The summed E-state index contributed by atoms with van der Waals surface area (Å²) >= 11 is 0. The lowest BCUT2D eigenvalue weighted by molar-refractivity contribution is 0.264. The van der Waals surface area contributed by atoms with Gasteiger partial charge in [0.1, 0.15) is 0 Å². The number of aryl methyl sites for hydroxylation is 1. The number of aromatic nitrogens is 2. The molecule has 2 aromatic rings. The van der Waals surface area contributed by atoms with E-state index in [1.165, 1.54) is 0 Å². The summed E-state index contributed by atoms with van der Waals surface area (Å²) in [6.07, 6.45) is 4.54. The average Bonchev–Trinajstić information content (AvgIpc) is 3.01. The first-order valence-electron chi connectivity index (χ1n) is 7.61. The van der Waals surface area contributed by atoms with Crippen molar-refractivity contribution in [2.24, 2.45) is 5.92 Å². The highest BCUT2D eigenvalue weighted by Crippen LogP contribution is 2.25. The number of piperidine rings is 1. The summed E-state index contributed by atoms with van der Waals surface area (Å²) in [6, 6.07) is 9.04. The molecule has 3 rings (SSSR count). The van der Waals surface area contributed by atoms with Crippen molar-refractivity contribution in [3.8, 4) is 0 Å². The van der Waals surface area contributed by atoms with Gasteiger partial charge >= 0.3 is 0 Å². The second kappa shape index (κ2) is 6.22. The van der Waals surface area contributed by atoms with Crippen molar-refractivity contribution in [1.29, 1.82) is 0 Å². The lowest BCUT2D eigenvalue weighted by Gasteiger charge is -2.31. The fourth-order valence-electron chi connectivity index (χ4n) is 2.98. The van der Waals surface area contributed by atoms with Crippen LogP contribution in [0.3, 0.4) is 0 Å². The zero-order valence-corrected chi connectivity index (χ0v) is 13.5. The Morgan fingerprint density at radius 1 is 1.27 bits per heavy atom. The number of rotatable bonds is 4. The zero-order chi connectivity index (χ0) is 15.6. The first-order valence-corrected chi connectivity index (χ1v) is 9.05. The van der Waals surface area contributed by atoms with Crippen LogP contribution >= 0.6 is 0 Å². The van der Waals surface area contributed by atoms with Crippen LogP contribution in [0.1, 0.15) is 24.1 Å². The molecular weight excluding hydrogens is 298 g/mol. The minimum atomic E-state index is -3.38. The Labute approximate surface area is 131 Å². The van der Waals surface area contributed by atoms with Gasteiger partial charge in [0.15, 0.2) is 0 Å². The van der Waals surface area contributed by atoms with Crippen LogP contribution in [0.5, 0.6) is 0 Å². The molecule has 0 aliphatic carbocycles. The molecule has 0 bridgehead atoms. The third-order valence-corrected chi connectivity index (χ3v) is 6.09. The van der Waals surface area contributed by atoms with Crippen LogP contribution in [-0.4, -0.2) is 36.0 Å². The lowest BCUT2D eigenvalue weighted by Crippen LogP contribution is -2.40. The maximum absolute atomic E-state index is 12.8. The fourth-order valence-corrected chi connectivity index (χ4v) is 4.54. The summed E-state index contributed by atoms with van der Waals surface area (Å²) in [6.45, 7) is 3.14. The third kappa shape index (κ3) is 3.23. The Hall–Kier alpha value is -1.66. The van der Waals surface area contributed by atoms with Crippen LogP contribution in [0.4, 0.5) is 0 Å². The van der Waals surface area contributed by atoms with Crippen molar-refractivity contribution in [1.82, 2.24) is 14.5 Å². The monoisotopic (exact) mass is 319 g/mol. The van der Waals surface area contributed by atoms with Gasteiger partial charge in [0.25, 0.3) is 0 Å². The van der Waals surface area contributed by atoms with E-state index >= 15 is 0 Å². The Morgan fingerprint density at radius 3 is 2.73 bits per heavy atom. The van der Waals surface area contributed by atoms with E-state index in [1.807, 2.05) is 25.1 Å². The molecule has 0 radical (unpaired) electrons. The van der Waals surface area contributed by atoms with Crippen molar-refractivity contribution >= 4 is 10.0 Å². The second-order valence-corrected chi connectivity index (χ2v) is 7.91. The highest BCUT2D eigenvalue weighted by atomic mass is 32.2. The van der Waals surface area contributed by atoms with E-state index in [4.69, 9.17) is 0 Å². The Balaban J connectivity index is 1.74. The van der Waals surface area contributed by atoms with Gasteiger partial charge in [-0.05, 0) is 50.3 Å². The second-order valence-electron chi connectivity index (χ2n) is 5.97. The van der Waals surface area contributed by atoms with Crippen molar-refractivity contribution in [3.63, 3.8) is 0 Å². The zero-order valence-electron chi connectivity index (χ0n) is 12.7. The topological polar surface area (TPSA) is 66.1 Å². The smallest absolute Gasteiger partial charge is 0.243 e. The van der Waals surface area contributed by atoms with E-state index in [0.717, 1.165) is 30.5 Å². The number of hydrogen-bond acceptors (Lipinski definition) is 3. The molecule has 0 saturated carbocycles. The van der Waals surface area contributed by atoms with Crippen molar-refractivity contribution in [2.45, 2.75) is 31.1 Å². The summed E-state index contributed by atoms with van der Waals surface area (Å²) < 4.78 is 27.1. The number of aromatic amines is 1. The normalized spacial score (nSPS) is 20.1. The van der Waals surface area contributed by atoms with Gasteiger partial charge in [-0.2, -0.15) is 9.40 Å². The molecule has 1 aromatic heterocycles. The van der Waals surface area contributed by atoms with E-state index in [9.17, 15) is 8.42 Å². The summed E-state index contributed by atoms with van der Waals surface area (Å²) in [5, 5.41) is 6.91. The molecule has 0 amide bonds. The van der Waals surface area contributed by atoms with Gasteiger partial charge in [-0.3, -0.25) is 5.10 Å². The first-order chi connectivity index (χ1) is 10.6. The van der Waals surface area contributed by atoms with E-state index in [1.54, 1.807) is 22.6 Å². The predicted octanol–water partition coefficient (Wildman–Crippen LogP) is 2.36. The van der Waals surface area contributed by atoms with Crippen LogP contribution < -0.4 is 0 Å². The number of benzene rings is 1. The molecule has 22 heavy (non-hydrogen) atoms. The minimum Gasteiger partial charge on any atom is -0.283 e. The van der Waals surface area contributed by atoms with Crippen LogP contribution in [0.25, 0.3) is 0 Å². The Bertz CT molecular complexity index is 708. The molecule has 118 valence electrons. The third-order valence-electron chi connectivity index (χ3n) is 4.21. The highest BCUT2D eigenvalue weighted by molar-refractivity contribution is 7.89. The van der Waals surface area contributed by atoms with E-state index in [-0.39, 0.29) is 0 Å². The maximum atomic E-state index is 12.8. The number of hydrogen-bond donors (Lipinski definition) is 1. The van der Waals surface area contributed by atoms with E-state index in [0.29, 0.717) is 23.9 Å². The van der Waals surface area contributed by atoms with E-state index in [2.05, 4.69) is 10.2 Å². The number of nitrogens with zero attached hydrogens (tertiary/aromatic N) is 2. The number of nitrogens with one attached hydrogen (secondary N) is 1. The molecule has 5 nitrogen and oxygen atoms in total. The van der Waals surface area contributed by atoms with Crippen LogP contribution in [0, 0.1) is 12.8 Å². The first kappa shape index (κ1) is 15.2. The molecular formula is C16H21N3O2S. The molecule has 1 fully saturated rings. The van der Waals surface area contributed by atoms with Gasteiger partial charge in [-0.15, -0.1) is 0 Å². The fraction of sp³-hybridized carbons (Fsp3) is 0.438. The highest BCUT2D eigenvalue weighted by Gasteiger charge is 2.30. The van der Waals surface area contributed by atoms with Gasteiger partial charge < -0.3 is 0 Å². The van der Waals surface area contributed by atoms with Crippen molar-refractivity contribution in [3.05, 3.63) is 47.8 Å². The maximum Gasteiger partial charge on any atom is 0.243 e. The molecule has 2 heterocycles. The molecule has 1 saturated heterocycles. The van der Waals surface area contributed by atoms with E-state index < -0.39 is 10.0 Å². The Morgan fingerprint density at radius 2 is 2.05 bits per heavy atom. The van der Waals surface area contributed by atoms with Gasteiger partial charge in [-0.25, -0.2) is 8.42 Å². The molecule has 1 aromatic carbocycles. The van der Waals surface area contributed by atoms with Crippen LogP contribution in [-0.2, 0) is 16.4 Å². The van der Waals surface area contributed by atoms with Crippen LogP contribution in [0.15, 0.2) is 41.4 Å². The lowest BCUT2D eigenvalue weighted by atomic mass is 9.95. The molecule has 1 aliphatic rings. The number of sulfonamides is 1. The van der Waals surface area contributed by atoms with Gasteiger partial charge in [-0.1, -0.05) is 17.7 Å². The van der Waals surface area contributed by atoms with Gasteiger partial charge in [0.2, 0.25) is 10.0 Å². The standard InChI is InChI=1S/C16H21N3O2S/c1-13-4-6-16(7-5-13)22(20,21)19-10-2-3-14(12-19)11-15-8-9-17-18-15/h4-9,14H,2-3,10-12H2,1H3,(H,17,18)/t14-/m1/s1. The molecule has 0 unspecified atom stereocenters. The summed E-state index contributed by atoms with van der Waals surface area (Å²) in [7, 11) is -3.38. The summed E-state index contributed by atoms with van der Waals surface area (Å²) in [5.41, 5.74) is 2.13. The average molecular weight is 319 g/mol. The summed E-state index contributed by atoms with van der Waals surface area (Å²) in [4.78, 5) is 0.389. The molecule has 1 atom stereocenters. The SMILES string of the molecule is Cc1ccc(S(=O)(=O)N2CCC[C@H](Cc3ccn[nH]3)C2)cc1. The van der Waals surface area contributed by atoms with Crippen molar-refractivity contribution in [2.75, 3.05) is 13.1 Å². The quantitative estimate of drug-likeness (QED) is 0.941. The minimum absolute atomic E-state index is 0.342. The van der Waals surface area contributed by atoms with Gasteiger partial charge in [0, 0.05) is 25.0 Å². The summed E-state index contributed by atoms with van der Waals surface area (Å²) in [5.74, 6) is 0.342. The van der Waals surface area contributed by atoms with Gasteiger partial charge in [0.05, 0.1) is 4.90 Å².